The first-order chi connectivity index (χ1) is 28.7. The number of guanidine groups is 2. The Morgan fingerprint density at radius 1 is 0.550 bits per heavy atom. The number of aromatic amines is 2. The fraction of sp³-hybridized carbons (Fsp3) is 0.425. The Morgan fingerprint density at radius 3 is 1.48 bits per heavy atom. The van der Waals surface area contributed by atoms with Crippen molar-refractivity contribution in [3.05, 3.63) is 72.1 Å². The third kappa shape index (κ3) is 14.3. The van der Waals surface area contributed by atoms with E-state index in [1.165, 1.54) is 0 Å². The number of fused-ring (bicyclic) bond motifs is 2. The minimum absolute atomic E-state index is 0.0689. The molecule has 0 aliphatic heterocycles. The zero-order chi connectivity index (χ0) is 43.6. The summed E-state index contributed by atoms with van der Waals surface area (Å²) in [5.74, 6) is -3.33. The molecule has 0 radical (unpaired) electrons. The Kier molecular flexibility index (Phi) is 17.7. The van der Waals surface area contributed by atoms with Gasteiger partial charge < -0.3 is 71.4 Å². The van der Waals surface area contributed by atoms with E-state index in [1.54, 1.807) is 6.20 Å². The van der Waals surface area contributed by atoms with Crippen LogP contribution in [0.5, 0.6) is 0 Å². The number of H-pyrrole nitrogens is 2. The second-order valence-electron chi connectivity index (χ2n) is 14.6. The normalized spacial score (nSPS) is 13.6. The molecule has 2 aromatic carbocycles. The van der Waals surface area contributed by atoms with Crippen molar-refractivity contribution in [2.75, 3.05) is 19.6 Å². The average Bonchev–Trinajstić information content (AvgIpc) is 3.82. The second kappa shape index (κ2) is 23.1. The summed E-state index contributed by atoms with van der Waals surface area (Å²) in [6, 6.07) is 10.1. The van der Waals surface area contributed by atoms with Gasteiger partial charge in [0.1, 0.15) is 18.1 Å². The molecule has 2 aromatic heterocycles. The quantitative estimate of drug-likeness (QED) is 0.0205. The first-order valence-electron chi connectivity index (χ1n) is 19.9. The molecule has 4 rings (SSSR count). The van der Waals surface area contributed by atoms with E-state index < -0.39 is 53.8 Å². The Labute approximate surface area is 347 Å². The van der Waals surface area contributed by atoms with Crippen LogP contribution in [-0.4, -0.2) is 101 Å². The van der Waals surface area contributed by atoms with Crippen LogP contribution in [0.4, 0.5) is 0 Å². The molecule has 0 spiro atoms. The lowest BCUT2D eigenvalue weighted by molar-refractivity contribution is -0.133. The number of hydrogen-bond donors (Lipinski definition) is 13. The van der Waals surface area contributed by atoms with Gasteiger partial charge in [-0.1, -0.05) is 36.4 Å². The third-order valence-electron chi connectivity index (χ3n) is 9.94. The molecule has 60 heavy (non-hydrogen) atoms. The van der Waals surface area contributed by atoms with Gasteiger partial charge in [-0.25, -0.2) is 0 Å². The van der Waals surface area contributed by atoms with Gasteiger partial charge in [0.15, 0.2) is 11.9 Å². The third-order valence-corrected chi connectivity index (χ3v) is 9.94. The number of nitrogens with two attached hydrogens (primary N) is 7. The topological polar surface area (TPSA) is 372 Å². The standard InChI is InChI=1S/C40H59N15O5/c41-27(19-23-21-51-29-11-3-1-9-25(23)29)35(57)48-16-6-5-13-32(54-36(58)28(42)20-24-22-52-30-12-4-2-10-26(24)30)38(60)55-33(15-8-18-50-40(46)47)37(59)53-31(34(43)56)14-7-17-49-39(44)45/h1-4,9-12,21-22,27-28,31-33,51-52H,5-8,13-20,41-42H2,(H2,43,56)(H,48,57)(H,53,59)(H,54,58)(H,55,60)(H4,44,45,49)(H4,46,47,50)/t27-,28-,31-,32-,33-/m0/s1. The van der Waals surface area contributed by atoms with Crippen LogP contribution < -0.4 is 61.4 Å². The van der Waals surface area contributed by atoms with E-state index in [0.29, 0.717) is 25.7 Å². The lowest BCUT2D eigenvalue weighted by atomic mass is 10.0. The molecular weight excluding hydrogens is 771 g/mol. The molecule has 0 bridgehead atoms. The van der Waals surface area contributed by atoms with E-state index >= 15 is 0 Å². The Balaban J connectivity index is 1.43. The summed E-state index contributed by atoms with van der Waals surface area (Å²) >= 11 is 0. The van der Waals surface area contributed by atoms with Gasteiger partial charge in [0.05, 0.1) is 12.1 Å². The molecule has 20 heteroatoms. The van der Waals surface area contributed by atoms with Crippen LogP contribution in [0.25, 0.3) is 21.8 Å². The van der Waals surface area contributed by atoms with Gasteiger partial charge in [-0.2, -0.15) is 0 Å². The van der Waals surface area contributed by atoms with E-state index in [-0.39, 0.29) is 69.6 Å². The lowest BCUT2D eigenvalue weighted by Gasteiger charge is -2.25. The molecule has 20 nitrogen and oxygen atoms in total. The number of carbonyl (C=O) groups is 5. The van der Waals surface area contributed by atoms with Crippen molar-refractivity contribution in [3.8, 4) is 0 Å². The molecule has 4 aromatic rings. The second-order valence-corrected chi connectivity index (χ2v) is 14.6. The number of rotatable bonds is 25. The number of unbranched alkanes of at least 4 members (excludes halogenated alkanes) is 1. The highest BCUT2D eigenvalue weighted by molar-refractivity contribution is 5.95. The van der Waals surface area contributed by atoms with Gasteiger partial charge in [-0.15, -0.1) is 0 Å². The van der Waals surface area contributed by atoms with Crippen LogP contribution in [-0.2, 0) is 36.8 Å². The van der Waals surface area contributed by atoms with Crippen molar-refractivity contribution in [3.63, 3.8) is 0 Å². The Bertz CT molecular complexity index is 2120. The molecule has 0 saturated carbocycles. The zero-order valence-electron chi connectivity index (χ0n) is 33.6. The van der Waals surface area contributed by atoms with Crippen molar-refractivity contribution in [1.29, 1.82) is 0 Å². The van der Waals surface area contributed by atoms with Gasteiger partial charge in [0.25, 0.3) is 0 Å². The van der Waals surface area contributed by atoms with Crippen molar-refractivity contribution in [2.24, 2.45) is 50.1 Å². The van der Waals surface area contributed by atoms with Crippen LogP contribution >= 0.6 is 0 Å². The molecule has 0 fully saturated rings. The average molecular weight is 830 g/mol. The number of para-hydroxylation sites is 2. The maximum absolute atomic E-state index is 14.0. The molecule has 0 saturated heterocycles. The zero-order valence-corrected chi connectivity index (χ0v) is 33.6. The van der Waals surface area contributed by atoms with E-state index in [1.807, 2.05) is 54.7 Å². The van der Waals surface area contributed by atoms with Crippen molar-refractivity contribution < 1.29 is 24.0 Å². The van der Waals surface area contributed by atoms with Gasteiger partial charge in [-0.3, -0.25) is 34.0 Å². The highest BCUT2D eigenvalue weighted by Crippen LogP contribution is 2.20. The SMILES string of the molecule is NC(=O)[C@H](CCCN=C(N)N)NC(=O)[C@H](CCCN=C(N)N)NC(=O)[C@H](CCCCNC(=O)[C@@H](N)Cc1c[nH]c2ccccc12)NC(=O)[C@@H](N)Cc1c[nH]c2ccccc12. The number of hydrogen-bond acceptors (Lipinski definition) is 9. The van der Waals surface area contributed by atoms with Crippen molar-refractivity contribution in [2.45, 2.75) is 88.0 Å². The molecule has 2 heterocycles. The monoisotopic (exact) mass is 829 g/mol. The van der Waals surface area contributed by atoms with Crippen LogP contribution in [0.3, 0.4) is 0 Å². The maximum Gasteiger partial charge on any atom is 0.243 e. The highest BCUT2D eigenvalue weighted by Gasteiger charge is 2.30. The minimum Gasteiger partial charge on any atom is -0.370 e. The van der Waals surface area contributed by atoms with Crippen molar-refractivity contribution >= 4 is 63.3 Å². The molecule has 5 atom stereocenters. The van der Waals surface area contributed by atoms with Crippen LogP contribution in [0, 0.1) is 0 Å². The van der Waals surface area contributed by atoms with E-state index in [9.17, 15) is 24.0 Å². The maximum atomic E-state index is 14.0. The number of carbonyl (C=O) groups excluding carboxylic acids is 5. The number of amides is 5. The fourth-order valence-corrected chi connectivity index (χ4v) is 6.73. The lowest BCUT2D eigenvalue weighted by Crippen LogP contribution is -2.57. The van der Waals surface area contributed by atoms with Crippen molar-refractivity contribution in [1.82, 2.24) is 31.2 Å². The highest BCUT2D eigenvalue weighted by atomic mass is 16.2. The first kappa shape index (κ1) is 46.0. The number of benzene rings is 2. The molecule has 0 aliphatic carbocycles. The smallest absolute Gasteiger partial charge is 0.243 e. The molecule has 324 valence electrons. The molecule has 0 unspecified atom stereocenters. The van der Waals surface area contributed by atoms with Gasteiger partial charge in [-0.05, 0) is 81.0 Å². The van der Waals surface area contributed by atoms with Crippen LogP contribution in [0.2, 0.25) is 0 Å². The molecule has 0 aliphatic rings. The Hall–Kier alpha value is -6.67. The van der Waals surface area contributed by atoms with E-state index in [2.05, 4.69) is 41.2 Å². The summed E-state index contributed by atoms with van der Waals surface area (Å²) in [5, 5.41) is 12.9. The van der Waals surface area contributed by atoms with E-state index in [0.717, 1.165) is 32.9 Å². The summed E-state index contributed by atoms with van der Waals surface area (Å²) in [5.41, 5.74) is 43.5. The Morgan fingerprint density at radius 2 is 0.983 bits per heavy atom. The summed E-state index contributed by atoms with van der Waals surface area (Å²) < 4.78 is 0. The predicted octanol–water partition coefficient (Wildman–Crippen LogP) is -1.58. The number of aromatic nitrogens is 2. The van der Waals surface area contributed by atoms with Gasteiger partial charge >= 0.3 is 0 Å². The predicted molar refractivity (Wildman–Crippen MR) is 232 cm³/mol. The van der Waals surface area contributed by atoms with Crippen LogP contribution in [0.15, 0.2) is 70.9 Å². The number of aliphatic imine (C=N–C) groups is 2. The number of nitrogens with zero attached hydrogens (tertiary/aromatic N) is 2. The fourth-order valence-electron chi connectivity index (χ4n) is 6.73. The van der Waals surface area contributed by atoms with E-state index in [4.69, 9.17) is 40.1 Å². The molecular formula is C40H59N15O5. The summed E-state index contributed by atoms with van der Waals surface area (Å²) in [6.07, 6.45) is 5.90. The molecule has 5 amide bonds. The van der Waals surface area contributed by atoms with Gasteiger partial charge in [0.2, 0.25) is 29.5 Å². The van der Waals surface area contributed by atoms with Crippen LogP contribution in [0.1, 0.15) is 56.1 Å². The number of primary amides is 1. The summed E-state index contributed by atoms with van der Waals surface area (Å²) in [7, 11) is 0. The summed E-state index contributed by atoms with van der Waals surface area (Å²) in [4.78, 5) is 80.6. The largest absolute Gasteiger partial charge is 0.370 e. The minimum atomic E-state index is -1.18. The first-order valence-corrected chi connectivity index (χ1v) is 19.9. The number of nitrogens with one attached hydrogen (secondary N) is 6. The molecule has 20 N–H and O–H groups in total. The van der Waals surface area contributed by atoms with Gasteiger partial charge in [0, 0.05) is 53.8 Å². The summed E-state index contributed by atoms with van der Waals surface area (Å²) in [6.45, 7) is 0.613.